The summed E-state index contributed by atoms with van der Waals surface area (Å²) in [4.78, 5) is 4.08. The summed E-state index contributed by atoms with van der Waals surface area (Å²) in [6.45, 7) is 1.70. The van der Waals surface area contributed by atoms with Gasteiger partial charge in [0, 0.05) is 24.7 Å². The largest absolute Gasteiger partial charge is 0.361 e. The van der Waals surface area contributed by atoms with Crippen molar-refractivity contribution in [3.05, 3.63) is 22.9 Å². The van der Waals surface area contributed by atoms with Gasteiger partial charge in [-0.2, -0.15) is 0 Å². The number of thiazole rings is 1. The second kappa shape index (κ2) is 5.09. The van der Waals surface area contributed by atoms with Crippen molar-refractivity contribution in [3.63, 3.8) is 0 Å². The number of hydrogen-bond donors (Lipinski definition) is 1. The molecule has 2 aromatic heterocycles. The lowest BCUT2D eigenvalue weighted by Crippen LogP contribution is -2.07. The van der Waals surface area contributed by atoms with E-state index in [0.717, 1.165) is 24.6 Å². The average molecular weight is 244 g/mol. The number of halogens is 1. The first kappa shape index (κ1) is 10.4. The van der Waals surface area contributed by atoms with Crippen LogP contribution >= 0.6 is 22.9 Å². The summed E-state index contributed by atoms with van der Waals surface area (Å²) >= 11 is 7.20. The Bertz CT molecular complexity index is 399. The Hall–Kier alpha value is -1.14. The Morgan fingerprint density at radius 2 is 2.47 bits per heavy atom. The van der Waals surface area contributed by atoms with Crippen LogP contribution in [0.4, 0.5) is 5.13 Å². The van der Waals surface area contributed by atoms with Crippen molar-refractivity contribution in [2.24, 2.45) is 0 Å². The number of aryl methyl sites for hydroxylation is 1. The van der Waals surface area contributed by atoms with Crippen molar-refractivity contribution in [2.75, 3.05) is 11.9 Å². The van der Waals surface area contributed by atoms with Crippen LogP contribution in [0.1, 0.15) is 6.42 Å². The molecule has 7 heteroatoms. The van der Waals surface area contributed by atoms with Crippen LogP contribution in [0.5, 0.6) is 0 Å². The normalized spacial score (nSPS) is 10.5. The van der Waals surface area contributed by atoms with Gasteiger partial charge in [0.1, 0.15) is 5.15 Å². The zero-order valence-corrected chi connectivity index (χ0v) is 9.50. The van der Waals surface area contributed by atoms with Crippen molar-refractivity contribution in [3.8, 4) is 0 Å². The maximum atomic E-state index is 5.69. The topological polar surface area (TPSA) is 55.6 Å². The fourth-order valence-electron chi connectivity index (χ4n) is 1.12. The van der Waals surface area contributed by atoms with Gasteiger partial charge in [-0.15, -0.1) is 16.4 Å². The summed E-state index contributed by atoms with van der Waals surface area (Å²) in [6, 6.07) is 0. The van der Waals surface area contributed by atoms with Crippen molar-refractivity contribution in [1.29, 1.82) is 0 Å². The van der Waals surface area contributed by atoms with Crippen LogP contribution in [-0.2, 0) is 6.54 Å². The van der Waals surface area contributed by atoms with Gasteiger partial charge in [-0.1, -0.05) is 16.8 Å². The molecule has 0 aliphatic carbocycles. The lowest BCUT2D eigenvalue weighted by molar-refractivity contribution is 0.570. The molecular weight excluding hydrogens is 234 g/mol. The molecule has 0 aromatic carbocycles. The average Bonchev–Trinajstić information content (AvgIpc) is 2.84. The first-order chi connectivity index (χ1) is 7.34. The second-order valence-corrected chi connectivity index (χ2v) is 4.17. The van der Waals surface area contributed by atoms with Crippen molar-refractivity contribution in [2.45, 2.75) is 13.0 Å². The van der Waals surface area contributed by atoms with Crippen molar-refractivity contribution >= 4 is 28.1 Å². The molecular formula is C8H10ClN5S. The van der Waals surface area contributed by atoms with E-state index in [2.05, 4.69) is 20.6 Å². The lowest BCUT2D eigenvalue weighted by atomic mass is 10.4. The molecule has 80 valence electrons. The first-order valence-corrected chi connectivity index (χ1v) is 5.79. The Morgan fingerprint density at radius 3 is 3.13 bits per heavy atom. The number of nitrogens with one attached hydrogen (secondary N) is 1. The Balaban J connectivity index is 1.67. The third-order valence-electron chi connectivity index (χ3n) is 1.79. The monoisotopic (exact) mass is 243 g/mol. The van der Waals surface area contributed by atoms with Crippen LogP contribution in [0, 0.1) is 0 Å². The standard InChI is InChI=1S/C8H10ClN5S/c9-7-6-15-8(12-7)10-2-1-4-14-5-3-11-13-14/h3,5-6H,1-2,4H2,(H,10,12). The molecule has 0 radical (unpaired) electrons. The third-order valence-corrected chi connectivity index (χ3v) is 2.91. The minimum absolute atomic E-state index is 0.541. The number of anilines is 1. The highest BCUT2D eigenvalue weighted by Gasteiger charge is 1.98. The van der Waals surface area contributed by atoms with Gasteiger partial charge < -0.3 is 5.32 Å². The van der Waals surface area contributed by atoms with Crippen LogP contribution in [0.15, 0.2) is 17.8 Å². The first-order valence-electron chi connectivity index (χ1n) is 4.53. The fraction of sp³-hybridized carbons (Fsp3) is 0.375. The van der Waals surface area contributed by atoms with Gasteiger partial charge in [0.15, 0.2) is 5.13 Å². The van der Waals surface area contributed by atoms with E-state index in [1.807, 2.05) is 6.20 Å². The zero-order chi connectivity index (χ0) is 10.5. The summed E-state index contributed by atoms with van der Waals surface area (Å²) in [5, 5.41) is 14.0. The van der Waals surface area contributed by atoms with E-state index >= 15 is 0 Å². The van der Waals surface area contributed by atoms with Crippen LogP contribution in [0.25, 0.3) is 0 Å². The highest BCUT2D eigenvalue weighted by molar-refractivity contribution is 7.14. The van der Waals surface area contributed by atoms with Gasteiger partial charge >= 0.3 is 0 Å². The summed E-state index contributed by atoms with van der Waals surface area (Å²) in [5.41, 5.74) is 0. The molecule has 0 aliphatic heterocycles. The maximum absolute atomic E-state index is 5.69. The zero-order valence-electron chi connectivity index (χ0n) is 7.93. The van der Waals surface area contributed by atoms with Crippen molar-refractivity contribution < 1.29 is 0 Å². The molecule has 0 unspecified atom stereocenters. The van der Waals surface area contributed by atoms with Gasteiger partial charge in [0.05, 0.1) is 6.20 Å². The third kappa shape index (κ3) is 3.17. The quantitative estimate of drug-likeness (QED) is 0.815. The summed E-state index contributed by atoms with van der Waals surface area (Å²) in [7, 11) is 0. The van der Waals surface area contributed by atoms with Crippen LogP contribution in [-0.4, -0.2) is 26.5 Å². The predicted molar refractivity (Wildman–Crippen MR) is 60.3 cm³/mol. The summed E-state index contributed by atoms with van der Waals surface area (Å²) in [5.74, 6) is 0. The SMILES string of the molecule is Clc1csc(NCCCn2ccnn2)n1. The van der Waals surface area contributed by atoms with Crippen LogP contribution in [0.3, 0.4) is 0 Å². The van der Waals surface area contributed by atoms with Crippen LogP contribution < -0.4 is 5.32 Å². The molecule has 0 aliphatic rings. The van der Waals surface area contributed by atoms with E-state index in [4.69, 9.17) is 11.6 Å². The maximum Gasteiger partial charge on any atom is 0.184 e. The summed E-state index contributed by atoms with van der Waals surface area (Å²) in [6.07, 6.45) is 4.49. The molecule has 2 rings (SSSR count). The van der Waals surface area contributed by atoms with Crippen molar-refractivity contribution in [1.82, 2.24) is 20.0 Å². The number of aromatic nitrogens is 4. The molecule has 1 N–H and O–H groups in total. The molecule has 0 amide bonds. The second-order valence-electron chi connectivity index (χ2n) is 2.92. The number of rotatable bonds is 5. The van der Waals surface area contributed by atoms with Gasteiger partial charge in [-0.3, -0.25) is 4.68 Å². The highest BCUT2D eigenvalue weighted by atomic mass is 35.5. The Morgan fingerprint density at radius 1 is 1.53 bits per heavy atom. The minimum Gasteiger partial charge on any atom is -0.361 e. The number of hydrogen-bond acceptors (Lipinski definition) is 5. The predicted octanol–water partition coefficient (Wildman–Crippen LogP) is 1.89. The van der Waals surface area contributed by atoms with Gasteiger partial charge in [-0.25, -0.2) is 4.98 Å². The highest BCUT2D eigenvalue weighted by Crippen LogP contribution is 2.18. The Kier molecular flexibility index (Phi) is 3.52. The molecule has 2 heterocycles. The van der Waals surface area contributed by atoms with Gasteiger partial charge in [0.2, 0.25) is 0 Å². The van der Waals surface area contributed by atoms with Gasteiger partial charge in [-0.05, 0) is 6.42 Å². The molecule has 5 nitrogen and oxygen atoms in total. The van der Waals surface area contributed by atoms with E-state index in [9.17, 15) is 0 Å². The molecule has 15 heavy (non-hydrogen) atoms. The summed E-state index contributed by atoms with van der Waals surface area (Å²) < 4.78 is 1.80. The number of nitrogens with zero attached hydrogens (tertiary/aromatic N) is 4. The molecule has 2 aromatic rings. The van der Waals surface area contributed by atoms with Crippen LogP contribution in [0.2, 0.25) is 5.15 Å². The minimum atomic E-state index is 0.541. The fourth-order valence-corrected chi connectivity index (χ4v) is 1.99. The van der Waals surface area contributed by atoms with E-state index in [0.29, 0.717) is 5.15 Å². The molecule has 0 spiro atoms. The van der Waals surface area contributed by atoms with Gasteiger partial charge in [0.25, 0.3) is 0 Å². The molecule has 0 saturated heterocycles. The molecule has 0 atom stereocenters. The smallest absolute Gasteiger partial charge is 0.184 e. The molecule has 0 saturated carbocycles. The van der Waals surface area contributed by atoms with E-state index in [1.54, 1.807) is 16.3 Å². The lowest BCUT2D eigenvalue weighted by Gasteiger charge is -2.01. The van der Waals surface area contributed by atoms with E-state index < -0.39 is 0 Å². The van der Waals surface area contributed by atoms with E-state index in [-0.39, 0.29) is 0 Å². The Labute approximate surface area is 96.1 Å². The van der Waals surface area contributed by atoms with E-state index in [1.165, 1.54) is 11.3 Å². The molecule has 0 bridgehead atoms. The molecule has 0 fully saturated rings.